The van der Waals surface area contributed by atoms with Gasteiger partial charge >= 0.3 is 0 Å². The number of hydrogen-bond acceptors (Lipinski definition) is 6. The largest absolute Gasteiger partial charge is 0.280 e. The topological polar surface area (TPSA) is 144 Å². The first-order valence-corrected chi connectivity index (χ1v) is 14.1. The highest BCUT2D eigenvalue weighted by molar-refractivity contribution is 7.93. The molecule has 0 aliphatic carbocycles. The van der Waals surface area contributed by atoms with Gasteiger partial charge in [-0.05, 0) is 55.7 Å². The molecule has 0 aromatic heterocycles. The maximum absolute atomic E-state index is 13.2. The maximum atomic E-state index is 13.2. The average molecular weight is 488 g/mol. The van der Waals surface area contributed by atoms with Crippen molar-refractivity contribution in [3.8, 4) is 0 Å². The second-order valence-electron chi connectivity index (χ2n) is 7.42. The fourth-order valence-corrected chi connectivity index (χ4v) is 6.89. The summed E-state index contributed by atoms with van der Waals surface area (Å²) in [4.78, 5) is -0.617. The first kappa shape index (κ1) is 23.7. The second kappa shape index (κ2) is 8.87. The van der Waals surface area contributed by atoms with E-state index in [1.165, 1.54) is 40.7 Å². The molecule has 0 bridgehead atoms. The van der Waals surface area contributed by atoms with Gasteiger partial charge in [-0.1, -0.05) is 25.0 Å². The van der Waals surface area contributed by atoms with E-state index in [2.05, 4.69) is 4.72 Å². The molecule has 0 amide bonds. The molecule has 12 heteroatoms. The van der Waals surface area contributed by atoms with Gasteiger partial charge in [0, 0.05) is 13.1 Å². The summed E-state index contributed by atoms with van der Waals surface area (Å²) in [7, 11) is -12.0. The van der Waals surface area contributed by atoms with E-state index in [0.717, 1.165) is 31.7 Å². The fourth-order valence-electron chi connectivity index (χ4n) is 3.40. The smallest absolute Gasteiger partial charge is 0.261 e. The number of aryl methyl sites for hydroxylation is 1. The molecule has 1 aliphatic heterocycles. The van der Waals surface area contributed by atoms with E-state index in [4.69, 9.17) is 5.14 Å². The molecule has 0 unspecified atom stereocenters. The molecule has 1 fully saturated rings. The summed E-state index contributed by atoms with van der Waals surface area (Å²) in [6, 6.07) is 8.89. The van der Waals surface area contributed by atoms with Crippen molar-refractivity contribution in [1.82, 2.24) is 4.31 Å². The molecule has 3 rings (SSSR count). The van der Waals surface area contributed by atoms with Crippen LogP contribution < -0.4 is 9.86 Å². The van der Waals surface area contributed by atoms with Gasteiger partial charge in [0.15, 0.2) is 0 Å². The lowest BCUT2D eigenvalue weighted by atomic mass is 10.2. The highest BCUT2D eigenvalue weighted by Crippen LogP contribution is 2.27. The number of rotatable bonds is 6. The van der Waals surface area contributed by atoms with E-state index in [1.54, 1.807) is 6.92 Å². The number of nitrogens with one attached hydrogen (secondary N) is 1. The van der Waals surface area contributed by atoms with Crippen LogP contribution in [0.1, 0.15) is 31.2 Å². The fraction of sp³-hybridized carbons (Fsp3) is 0.368. The van der Waals surface area contributed by atoms with E-state index in [-0.39, 0.29) is 20.4 Å². The van der Waals surface area contributed by atoms with Crippen molar-refractivity contribution < 1.29 is 25.3 Å². The molecule has 0 spiro atoms. The van der Waals surface area contributed by atoms with Gasteiger partial charge in [0.05, 0.1) is 20.4 Å². The summed E-state index contributed by atoms with van der Waals surface area (Å²) >= 11 is 0. The van der Waals surface area contributed by atoms with E-state index in [0.29, 0.717) is 18.7 Å². The van der Waals surface area contributed by atoms with Crippen molar-refractivity contribution in [2.75, 3.05) is 17.8 Å². The van der Waals surface area contributed by atoms with Crippen LogP contribution in [0.2, 0.25) is 0 Å². The molecular weight excluding hydrogens is 462 g/mol. The Hall–Kier alpha value is -1.99. The third kappa shape index (κ3) is 5.44. The van der Waals surface area contributed by atoms with Gasteiger partial charge in [0.1, 0.15) is 0 Å². The van der Waals surface area contributed by atoms with Crippen molar-refractivity contribution in [2.45, 2.75) is 47.3 Å². The van der Waals surface area contributed by atoms with Crippen LogP contribution in [-0.4, -0.2) is 42.6 Å². The van der Waals surface area contributed by atoms with Crippen LogP contribution in [0.15, 0.2) is 57.2 Å². The van der Waals surface area contributed by atoms with E-state index in [9.17, 15) is 25.3 Å². The Morgan fingerprint density at radius 1 is 0.839 bits per heavy atom. The van der Waals surface area contributed by atoms with Crippen molar-refractivity contribution in [2.24, 2.45) is 5.14 Å². The zero-order valence-electron chi connectivity index (χ0n) is 17.0. The van der Waals surface area contributed by atoms with Crippen molar-refractivity contribution in [1.29, 1.82) is 0 Å². The second-order valence-corrected chi connectivity index (χ2v) is 12.6. The summed E-state index contributed by atoms with van der Waals surface area (Å²) < 4.78 is 78.7. The Morgan fingerprint density at radius 2 is 1.45 bits per heavy atom. The maximum Gasteiger partial charge on any atom is 0.261 e. The van der Waals surface area contributed by atoms with Gasteiger partial charge in [0.2, 0.25) is 20.0 Å². The molecule has 31 heavy (non-hydrogen) atoms. The minimum absolute atomic E-state index is 0.0351. The summed E-state index contributed by atoms with van der Waals surface area (Å²) in [6.07, 6.45) is 3.51. The molecule has 0 saturated carbocycles. The van der Waals surface area contributed by atoms with E-state index in [1.807, 2.05) is 0 Å². The molecule has 0 atom stereocenters. The summed E-state index contributed by atoms with van der Waals surface area (Å²) in [5.41, 5.74) is 0.559. The monoisotopic (exact) mass is 487 g/mol. The van der Waals surface area contributed by atoms with Crippen molar-refractivity contribution in [3.05, 3.63) is 48.0 Å². The van der Waals surface area contributed by atoms with E-state index < -0.39 is 30.1 Å². The van der Waals surface area contributed by atoms with Gasteiger partial charge in [-0.3, -0.25) is 4.72 Å². The molecule has 1 aliphatic rings. The zero-order valence-corrected chi connectivity index (χ0v) is 19.4. The van der Waals surface area contributed by atoms with Gasteiger partial charge in [-0.2, -0.15) is 4.31 Å². The third-order valence-corrected chi connectivity index (χ3v) is 9.40. The lowest BCUT2D eigenvalue weighted by Gasteiger charge is -2.21. The summed E-state index contributed by atoms with van der Waals surface area (Å²) in [5, 5.41) is 5.07. The number of nitrogens with two attached hydrogens (primary N) is 1. The Labute approximate surface area is 183 Å². The lowest BCUT2D eigenvalue weighted by Crippen LogP contribution is -2.32. The number of primary sulfonamides is 1. The molecular formula is C19H25N3O6S3. The first-order chi connectivity index (χ1) is 14.4. The van der Waals surface area contributed by atoms with Crippen LogP contribution in [0.4, 0.5) is 5.69 Å². The number of hydrogen-bond donors (Lipinski definition) is 2. The molecule has 3 N–H and O–H groups in total. The molecule has 170 valence electrons. The van der Waals surface area contributed by atoms with Crippen LogP contribution in [0.5, 0.6) is 0 Å². The van der Waals surface area contributed by atoms with Crippen LogP contribution in [0, 0.1) is 6.92 Å². The number of anilines is 1. The average Bonchev–Trinajstić information content (AvgIpc) is 2.99. The Kier molecular flexibility index (Phi) is 6.77. The Bertz CT molecular complexity index is 1280. The molecule has 2 aromatic rings. The van der Waals surface area contributed by atoms with Gasteiger partial charge in [0.25, 0.3) is 10.0 Å². The molecule has 1 saturated heterocycles. The number of sulfonamides is 3. The predicted molar refractivity (Wildman–Crippen MR) is 117 cm³/mol. The van der Waals surface area contributed by atoms with Crippen molar-refractivity contribution in [3.63, 3.8) is 0 Å². The van der Waals surface area contributed by atoms with Crippen LogP contribution in [0.25, 0.3) is 0 Å². The zero-order chi connectivity index (χ0) is 22.9. The standard InChI is InChI=1S/C19H25N3O6S3/c1-15-9-10-16(13-19(15)31(27,28)22-11-4-2-3-5-12-22)21-30(25,26)18-8-6-7-17(14-18)29(20,23)24/h6-10,13-14,21H,2-5,11-12H2,1H3,(H2,20,23,24). The molecule has 9 nitrogen and oxygen atoms in total. The number of nitrogens with zero attached hydrogens (tertiary/aromatic N) is 1. The van der Waals surface area contributed by atoms with Crippen LogP contribution >= 0.6 is 0 Å². The quantitative estimate of drug-likeness (QED) is 0.638. The molecule has 2 aromatic carbocycles. The normalized spacial score (nSPS) is 16.6. The van der Waals surface area contributed by atoms with Crippen molar-refractivity contribution >= 4 is 35.8 Å². The predicted octanol–water partition coefficient (Wildman–Crippen LogP) is 2.01. The minimum atomic E-state index is -4.18. The molecule has 0 radical (unpaired) electrons. The Balaban J connectivity index is 1.95. The first-order valence-electron chi connectivity index (χ1n) is 9.68. The summed E-state index contributed by atoms with van der Waals surface area (Å²) in [5.74, 6) is 0. The summed E-state index contributed by atoms with van der Waals surface area (Å²) in [6.45, 7) is 2.51. The third-order valence-electron chi connectivity index (χ3n) is 5.07. The number of benzene rings is 2. The minimum Gasteiger partial charge on any atom is -0.280 e. The Morgan fingerprint density at radius 3 is 2.06 bits per heavy atom. The SMILES string of the molecule is Cc1ccc(NS(=O)(=O)c2cccc(S(N)(=O)=O)c2)cc1S(=O)(=O)N1CCCCCC1. The highest BCUT2D eigenvalue weighted by atomic mass is 32.2. The van der Waals surface area contributed by atoms with E-state index >= 15 is 0 Å². The van der Waals surface area contributed by atoms with Gasteiger partial charge in [-0.25, -0.2) is 30.4 Å². The van der Waals surface area contributed by atoms with Crippen LogP contribution in [0.3, 0.4) is 0 Å². The van der Waals surface area contributed by atoms with Gasteiger partial charge in [-0.15, -0.1) is 0 Å². The highest BCUT2D eigenvalue weighted by Gasteiger charge is 2.27. The van der Waals surface area contributed by atoms with Gasteiger partial charge < -0.3 is 0 Å². The van der Waals surface area contributed by atoms with Crippen LogP contribution in [-0.2, 0) is 30.1 Å². The molecule has 1 heterocycles. The lowest BCUT2D eigenvalue weighted by molar-refractivity contribution is 0.423.